The molecule has 0 aliphatic rings. The molecule has 8 aromatic rings. The first-order valence-electron chi connectivity index (χ1n) is 10.5. The fraction of sp³-hybridized carbons (Fsp3) is 0. The molecule has 0 N–H and O–H groups in total. The summed E-state index contributed by atoms with van der Waals surface area (Å²) >= 11 is 0. The Bertz CT molecular complexity index is 1930. The van der Waals surface area contributed by atoms with E-state index in [1.807, 2.05) is 0 Å². The van der Waals surface area contributed by atoms with Crippen LogP contribution in [0.25, 0.3) is 75.4 Å². The lowest BCUT2D eigenvalue weighted by Gasteiger charge is -2.19. The molecule has 8 aromatic carbocycles. The Morgan fingerprint density at radius 1 is 0.267 bits per heavy atom. The van der Waals surface area contributed by atoms with Crippen LogP contribution < -0.4 is 0 Å². The molecule has 0 heterocycles. The van der Waals surface area contributed by atoms with Crippen molar-refractivity contribution in [1.29, 1.82) is 0 Å². The highest BCUT2D eigenvalue weighted by molar-refractivity contribution is 6.42. The van der Waals surface area contributed by atoms with Crippen molar-refractivity contribution in [1.82, 2.24) is 0 Å². The van der Waals surface area contributed by atoms with Gasteiger partial charge in [0.2, 0.25) is 0 Å². The van der Waals surface area contributed by atoms with Crippen molar-refractivity contribution in [3.05, 3.63) is 97.1 Å². The van der Waals surface area contributed by atoms with Crippen molar-refractivity contribution in [3.63, 3.8) is 0 Å². The van der Waals surface area contributed by atoms with Gasteiger partial charge in [0.25, 0.3) is 0 Å². The summed E-state index contributed by atoms with van der Waals surface area (Å²) in [5.41, 5.74) is 0. The highest BCUT2D eigenvalue weighted by Gasteiger charge is 2.18. The van der Waals surface area contributed by atoms with E-state index < -0.39 is 0 Å². The van der Waals surface area contributed by atoms with E-state index in [-0.39, 0.29) is 0 Å². The summed E-state index contributed by atoms with van der Waals surface area (Å²) in [4.78, 5) is 0. The van der Waals surface area contributed by atoms with E-state index in [2.05, 4.69) is 97.1 Å². The molecular weight excluding hydrogens is 360 g/mol. The predicted molar refractivity (Wildman–Crippen MR) is 131 cm³/mol. The minimum Gasteiger partial charge on any atom is -0.0610 e. The number of fused-ring (bicyclic) bond motifs is 4. The van der Waals surface area contributed by atoms with Crippen molar-refractivity contribution in [2.75, 3.05) is 0 Å². The lowest BCUT2D eigenvalue weighted by atomic mass is 9.84. The van der Waals surface area contributed by atoms with E-state index in [0.717, 1.165) is 0 Å². The first-order valence-corrected chi connectivity index (χ1v) is 10.5. The predicted octanol–water partition coefficient (Wildman–Crippen LogP) is 8.63. The van der Waals surface area contributed by atoms with E-state index in [1.165, 1.54) is 75.4 Å². The third kappa shape index (κ3) is 1.62. The number of hydrogen-bond acceptors (Lipinski definition) is 0. The van der Waals surface area contributed by atoms with Crippen molar-refractivity contribution >= 4 is 75.4 Å². The molecule has 0 aromatic heterocycles. The highest BCUT2D eigenvalue weighted by Crippen LogP contribution is 2.47. The molecule has 0 radical (unpaired) electrons. The molecule has 0 unspecified atom stereocenters. The summed E-state index contributed by atoms with van der Waals surface area (Å²) < 4.78 is 0. The Kier molecular flexibility index (Phi) is 2.49. The molecule has 0 saturated heterocycles. The van der Waals surface area contributed by atoms with E-state index >= 15 is 0 Å². The zero-order valence-corrected chi connectivity index (χ0v) is 16.2. The zero-order valence-electron chi connectivity index (χ0n) is 16.2. The molecule has 0 aliphatic heterocycles. The Morgan fingerprint density at radius 2 is 0.833 bits per heavy atom. The molecule has 8 rings (SSSR count). The molecule has 30 heavy (non-hydrogen) atoms. The quantitative estimate of drug-likeness (QED) is 0.183. The van der Waals surface area contributed by atoms with Crippen molar-refractivity contribution in [3.8, 4) is 0 Å². The second-order valence-electron chi connectivity index (χ2n) is 8.53. The summed E-state index contributed by atoms with van der Waals surface area (Å²) in [7, 11) is 0. The van der Waals surface area contributed by atoms with Crippen LogP contribution in [0.3, 0.4) is 0 Å². The fourth-order valence-electron chi connectivity index (χ4n) is 5.93. The lowest BCUT2D eigenvalue weighted by Crippen LogP contribution is -1.91. The average molecular weight is 376 g/mol. The van der Waals surface area contributed by atoms with E-state index in [0.29, 0.717) is 0 Å². The molecule has 0 aliphatic carbocycles. The minimum absolute atomic E-state index is 1.32. The van der Waals surface area contributed by atoms with Gasteiger partial charge in [0.1, 0.15) is 0 Å². The normalized spacial score (nSPS) is 12.7. The number of benzene rings is 8. The topological polar surface area (TPSA) is 0 Å². The Hall–Kier alpha value is -3.90. The smallest absolute Gasteiger partial charge is 0.000807 e. The van der Waals surface area contributed by atoms with Gasteiger partial charge in [-0.25, -0.2) is 0 Å². The van der Waals surface area contributed by atoms with Gasteiger partial charge in [-0.2, -0.15) is 0 Å². The van der Waals surface area contributed by atoms with Crippen LogP contribution in [0, 0.1) is 0 Å². The number of hydrogen-bond donors (Lipinski definition) is 0. The van der Waals surface area contributed by atoms with Crippen LogP contribution in [0.2, 0.25) is 0 Å². The monoisotopic (exact) mass is 376 g/mol. The summed E-state index contributed by atoms with van der Waals surface area (Å²) in [6.07, 6.45) is 0. The van der Waals surface area contributed by atoms with Crippen LogP contribution in [0.1, 0.15) is 0 Å². The Labute approximate surface area is 172 Å². The largest absolute Gasteiger partial charge is 0.0610 e. The maximum atomic E-state index is 2.41. The molecule has 0 fully saturated rings. The van der Waals surface area contributed by atoms with Crippen LogP contribution in [0.15, 0.2) is 97.1 Å². The van der Waals surface area contributed by atoms with E-state index in [9.17, 15) is 0 Å². The van der Waals surface area contributed by atoms with Gasteiger partial charge in [0.15, 0.2) is 0 Å². The van der Waals surface area contributed by atoms with Gasteiger partial charge in [-0.15, -0.1) is 0 Å². The van der Waals surface area contributed by atoms with Crippen LogP contribution in [0.5, 0.6) is 0 Å². The maximum Gasteiger partial charge on any atom is -0.000807 e. The molecule has 0 heteroatoms. The Balaban J connectivity index is 1.85. The third-order valence-corrected chi connectivity index (χ3v) is 7.07. The SMILES string of the molecule is c1cc2cccc3c2c(c1)cc1c2cccc4cc5cccc6ccc(c13)c(c65)c42. The van der Waals surface area contributed by atoms with Crippen molar-refractivity contribution in [2.45, 2.75) is 0 Å². The fourth-order valence-corrected chi connectivity index (χ4v) is 5.93. The van der Waals surface area contributed by atoms with Gasteiger partial charge in [-0.3, -0.25) is 0 Å². The second kappa shape index (κ2) is 4.98. The number of rotatable bonds is 0. The zero-order chi connectivity index (χ0) is 19.4. The molecule has 0 nitrogen and oxygen atoms in total. The summed E-state index contributed by atoms with van der Waals surface area (Å²) in [5, 5.41) is 19.1. The summed E-state index contributed by atoms with van der Waals surface area (Å²) in [5.74, 6) is 0. The van der Waals surface area contributed by atoms with Crippen molar-refractivity contribution < 1.29 is 0 Å². The van der Waals surface area contributed by atoms with Crippen LogP contribution in [0.4, 0.5) is 0 Å². The lowest BCUT2D eigenvalue weighted by molar-refractivity contribution is 1.79. The van der Waals surface area contributed by atoms with Crippen molar-refractivity contribution in [2.24, 2.45) is 0 Å². The van der Waals surface area contributed by atoms with Gasteiger partial charge >= 0.3 is 0 Å². The third-order valence-electron chi connectivity index (χ3n) is 7.07. The van der Waals surface area contributed by atoms with Crippen LogP contribution >= 0.6 is 0 Å². The van der Waals surface area contributed by atoms with Gasteiger partial charge in [-0.05, 0) is 87.5 Å². The molecule has 0 amide bonds. The molecular formula is C30H16. The van der Waals surface area contributed by atoms with Gasteiger partial charge in [0.05, 0.1) is 0 Å². The van der Waals surface area contributed by atoms with Gasteiger partial charge < -0.3 is 0 Å². The molecule has 0 saturated carbocycles. The minimum atomic E-state index is 1.32. The highest BCUT2D eigenvalue weighted by atomic mass is 14.2. The maximum absolute atomic E-state index is 2.41. The summed E-state index contributed by atoms with van der Waals surface area (Å²) in [6, 6.07) is 36.3. The molecule has 0 spiro atoms. The van der Waals surface area contributed by atoms with E-state index in [4.69, 9.17) is 0 Å². The molecule has 0 bridgehead atoms. The Morgan fingerprint density at radius 3 is 1.63 bits per heavy atom. The van der Waals surface area contributed by atoms with E-state index in [1.54, 1.807) is 0 Å². The van der Waals surface area contributed by atoms with Crippen LogP contribution in [-0.4, -0.2) is 0 Å². The summed E-state index contributed by atoms with van der Waals surface area (Å²) in [6.45, 7) is 0. The van der Waals surface area contributed by atoms with Gasteiger partial charge in [-0.1, -0.05) is 84.9 Å². The first-order chi connectivity index (χ1) is 14.9. The average Bonchev–Trinajstić information content (AvgIpc) is 2.79. The second-order valence-corrected chi connectivity index (χ2v) is 8.53. The first kappa shape index (κ1) is 15.0. The standard InChI is InChI=1S/C30H16/c1-5-17-7-3-12-23-26(17)21(9-1)16-25-22-11-4-10-20-15-19-8-2-6-18-13-14-24(29(23)25)30(27(18)19)28(20)22/h1-16H. The molecule has 0 atom stereocenters. The van der Waals surface area contributed by atoms with Gasteiger partial charge in [0, 0.05) is 0 Å². The molecule has 136 valence electrons. The van der Waals surface area contributed by atoms with Crippen LogP contribution in [-0.2, 0) is 0 Å².